The van der Waals surface area contributed by atoms with Gasteiger partial charge >= 0.3 is 0 Å². The van der Waals surface area contributed by atoms with Crippen LogP contribution in [0.1, 0.15) is 25.3 Å². The number of hydrogen-bond acceptors (Lipinski definition) is 4. The summed E-state index contributed by atoms with van der Waals surface area (Å²) in [5.74, 6) is 0.804. The van der Waals surface area contributed by atoms with Crippen molar-refractivity contribution in [2.45, 2.75) is 19.8 Å². The van der Waals surface area contributed by atoms with Gasteiger partial charge in [-0.05, 0) is 18.6 Å². The minimum absolute atomic E-state index is 0.0608. The molecule has 0 saturated carbocycles. The number of rotatable bonds is 7. The molecule has 0 saturated heterocycles. The summed E-state index contributed by atoms with van der Waals surface area (Å²) in [4.78, 5) is 4.47. The maximum atomic E-state index is 11.4. The molecule has 0 aliphatic rings. The van der Waals surface area contributed by atoms with Gasteiger partial charge in [-0.25, -0.2) is 0 Å². The zero-order valence-electron chi connectivity index (χ0n) is 11.7. The van der Waals surface area contributed by atoms with Crippen molar-refractivity contribution in [1.29, 1.82) is 0 Å². The summed E-state index contributed by atoms with van der Waals surface area (Å²) >= 11 is -1.00. The lowest BCUT2D eigenvalue weighted by Crippen LogP contribution is -2.17. The third-order valence-corrected chi connectivity index (χ3v) is 3.36. The first-order valence-corrected chi connectivity index (χ1v) is 8.02. The van der Waals surface area contributed by atoms with Gasteiger partial charge in [-0.15, -0.1) is 0 Å². The smallest absolute Gasteiger partial charge is 0.167 e. The van der Waals surface area contributed by atoms with E-state index < -0.39 is 11.2 Å². The quantitative estimate of drug-likeness (QED) is 0.474. The van der Waals surface area contributed by atoms with Crippen molar-refractivity contribution in [3.05, 3.63) is 23.8 Å². The maximum absolute atomic E-state index is 11.4. The van der Waals surface area contributed by atoms with Gasteiger partial charge in [-0.2, -0.15) is 0 Å². The molecule has 0 aromatic heterocycles. The Balaban J connectivity index is 3.06. The first-order valence-electron chi connectivity index (χ1n) is 6.29. The highest BCUT2D eigenvalue weighted by Gasteiger charge is 2.16. The zero-order valence-corrected chi connectivity index (χ0v) is 12.5. The van der Waals surface area contributed by atoms with E-state index in [1.165, 1.54) is 7.11 Å². The number of nitrogens with zero attached hydrogens (tertiary/aromatic N) is 1. The van der Waals surface area contributed by atoms with Crippen LogP contribution >= 0.6 is 0 Å². The molecule has 1 atom stereocenters. The van der Waals surface area contributed by atoms with Crippen molar-refractivity contribution in [2.75, 3.05) is 25.7 Å². The van der Waals surface area contributed by atoms with Gasteiger partial charge in [0.2, 0.25) is 0 Å². The SMILES string of the molecule is CCCC/N=C(\C[S+](C)[O-])c1cccc(OC)c1O. The van der Waals surface area contributed by atoms with Gasteiger partial charge < -0.3 is 14.4 Å². The summed E-state index contributed by atoms with van der Waals surface area (Å²) < 4.78 is 16.5. The molecule has 0 spiro atoms. The van der Waals surface area contributed by atoms with Gasteiger partial charge in [0.25, 0.3) is 0 Å². The Morgan fingerprint density at radius 3 is 2.79 bits per heavy atom. The van der Waals surface area contributed by atoms with Crippen LogP contribution in [0.5, 0.6) is 11.5 Å². The van der Waals surface area contributed by atoms with E-state index in [0.717, 1.165) is 12.8 Å². The lowest BCUT2D eigenvalue weighted by Gasteiger charge is -2.12. The molecule has 19 heavy (non-hydrogen) atoms. The van der Waals surface area contributed by atoms with Crippen molar-refractivity contribution in [2.24, 2.45) is 4.99 Å². The molecule has 106 valence electrons. The molecule has 0 heterocycles. The molecule has 0 aliphatic heterocycles. The molecule has 1 N–H and O–H groups in total. The number of benzene rings is 1. The van der Waals surface area contributed by atoms with Gasteiger partial charge in [0, 0.05) is 12.1 Å². The molecular formula is C14H21NO3S. The highest BCUT2D eigenvalue weighted by atomic mass is 32.2. The van der Waals surface area contributed by atoms with Gasteiger partial charge in [0.1, 0.15) is 5.75 Å². The Morgan fingerprint density at radius 1 is 1.47 bits per heavy atom. The lowest BCUT2D eigenvalue weighted by molar-refractivity contribution is 0.373. The average Bonchev–Trinajstić information content (AvgIpc) is 2.38. The van der Waals surface area contributed by atoms with Crippen LogP contribution in [0.4, 0.5) is 0 Å². The van der Waals surface area contributed by atoms with Crippen LogP contribution in [0.3, 0.4) is 0 Å². The molecule has 5 heteroatoms. The Bertz CT molecular complexity index is 433. The lowest BCUT2D eigenvalue weighted by atomic mass is 10.1. The largest absolute Gasteiger partial charge is 0.616 e. The maximum Gasteiger partial charge on any atom is 0.167 e. The van der Waals surface area contributed by atoms with Crippen LogP contribution in [-0.2, 0) is 11.2 Å². The molecule has 4 nitrogen and oxygen atoms in total. The van der Waals surface area contributed by atoms with Crippen molar-refractivity contribution in [3.63, 3.8) is 0 Å². The molecule has 0 fully saturated rings. The second-order valence-corrected chi connectivity index (χ2v) is 5.69. The van der Waals surface area contributed by atoms with E-state index in [1.54, 1.807) is 24.5 Å². The van der Waals surface area contributed by atoms with Gasteiger partial charge in [0.15, 0.2) is 11.5 Å². The highest BCUT2D eigenvalue weighted by Crippen LogP contribution is 2.30. The van der Waals surface area contributed by atoms with Crippen LogP contribution < -0.4 is 4.74 Å². The fraction of sp³-hybridized carbons (Fsp3) is 0.500. The third-order valence-electron chi connectivity index (χ3n) is 2.68. The topological polar surface area (TPSA) is 64.9 Å². The van der Waals surface area contributed by atoms with E-state index in [-0.39, 0.29) is 5.75 Å². The zero-order chi connectivity index (χ0) is 14.3. The number of aliphatic imine (C=N–C) groups is 1. The number of ether oxygens (including phenoxy) is 1. The second-order valence-electron chi connectivity index (χ2n) is 4.26. The fourth-order valence-corrected chi connectivity index (χ4v) is 2.33. The van der Waals surface area contributed by atoms with E-state index in [9.17, 15) is 9.66 Å². The number of hydrogen-bond donors (Lipinski definition) is 1. The van der Waals surface area contributed by atoms with Crippen LogP contribution in [0.15, 0.2) is 23.2 Å². The van der Waals surface area contributed by atoms with Gasteiger partial charge in [-0.3, -0.25) is 4.99 Å². The van der Waals surface area contributed by atoms with Crippen LogP contribution in [-0.4, -0.2) is 41.0 Å². The van der Waals surface area contributed by atoms with Crippen molar-refractivity contribution >= 4 is 16.9 Å². The monoisotopic (exact) mass is 283 g/mol. The Hall–Kier alpha value is -1.20. The molecule has 0 radical (unpaired) electrons. The number of unbranched alkanes of at least 4 members (excludes halogenated alkanes) is 1. The standard InChI is InChI=1S/C14H21NO3S/c1-4-5-9-15-12(10-19(3)17)11-7-6-8-13(18-2)14(11)16/h6-8,16H,4-5,9-10H2,1-3H3/b15-12+. The molecule has 0 aliphatic carbocycles. The summed E-state index contributed by atoms with van der Waals surface area (Å²) in [6.45, 7) is 2.77. The predicted molar refractivity (Wildman–Crippen MR) is 79.9 cm³/mol. The Morgan fingerprint density at radius 2 is 2.21 bits per heavy atom. The van der Waals surface area contributed by atoms with Crippen LogP contribution in [0, 0.1) is 0 Å². The minimum Gasteiger partial charge on any atom is -0.616 e. The second kappa shape index (κ2) is 8.07. The summed E-state index contributed by atoms with van der Waals surface area (Å²) in [6.07, 6.45) is 3.66. The normalized spacial score (nSPS) is 13.4. The summed E-state index contributed by atoms with van der Waals surface area (Å²) in [6, 6.07) is 5.25. The van der Waals surface area contributed by atoms with E-state index >= 15 is 0 Å². The molecule has 1 aromatic carbocycles. The molecule has 0 amide bonds. The first kappa shape index (κ1) is 15.9. The number of methoxy groups -OCH3 is 1. The fourth-order valence-electron chi connectivity index (χ4n) is 1.69. The minimum atomic E-state index is -1.00. The summed E-state index contributed by atoms with van der Waals surface area (Å²) in [5, 5.41) is 10.1. The van der Waals surface area contributed by atoms with E-state index in [4.69, 9.17) is 4.74 Å². The van der Waals surface area contributed by atoms with E-state index in [0.29, 0.717) is 29.3 Å². The van der Waals surface area contributed by atoms with E-state index in [2.05, 4.69) is 11.9 Å². The number of aromatic hydroxyl groups is 1. The summed E-state index contributed by atoms with van der Waals surface area (Å²) in [7, 11) is 1.50. The Kier molecular flexibility index (Phi) is 6.73. The third kappa shape index (κ3) is 4.76. The average molecular weight is 283 g/mol. The molecule has 0 bridgehead atoms. The molecule has 1 rings (SSSR count). The van der Waals surface area contributed by atoms with Gasteiger partial charge in [-0.1, -0.05) is 30.6 Å². The molecule has 1 unspecified atom stereocenters. The summed E-state index contributed by atoms with van der Waals surface area (Å²) in [5.41, 5.74) is 1.27. The Labute approximate surface area is 117 Å². The van der Waals surface area contributed by atoms with Crippen molar-refractivity contribution in [3.8, 4) is 11.5 Å². The first-order chi connectivity index (χ1) is 9.10. The highest BCUT2D eigenvalue weighted by molar-refractivity contribution is 7.91. The van der Waals surface area contributed by atoms with Crippen molar-refractivity contribution < 1.29 is 14.4 Å². The number of para-hydroxylation sites is 1. The predicted octanol–water partition coefficient (Wildman–Crippen LogP) is 2.37. The number of phenolic OH excluding ortho intramolecular Hbond substituents is 1. The van der Waals surface area contributed by atoms with Crippen LogP contribution in [0.25, 0.3) is 0 Å². The van der Waals surface area contributed by atoms with Gasteiger partial charge in [0.05, 0.1) is 19.1 Å². The molecular weight excluding hydrogens is 262 g/mol. The van der Waals surface area contributed by atoms with Crippen LogP contribution in [0.2, 0.25) is 0 Å². The molecule has 1 aromatic rings. The van der Waals surface area contributed by atoms with E-state index in [1.807, 2.05) is 0 Å². The number of phenols is 1. The van der Waals surface area contributed by atoms with Crippen molar-refractivity contribution in [1.82, 2.24) is 0 Å².